The number of ether oxygens (including phenoxy) is 2. The number of benzene rings is 1. The Bertz CT molecular complexity index is 1260. The Labute approximate surface area is 175 Å². The third kappa shape index (κ3) is 3.48. The Morgan fingerprint density at radius 1 is 1.10 bits per heavy atom. The number of alkyl halides is 2. The van der Waals surface area contributed by atoms with Crippen molar-refractivity contribution >= 4 is 5.78 Å². The highest BCUT2D eigenvalue weighted by molar-refractivity contribution is 5.94. The van der Waals surface area contributed by atoms with Gasteiger partial charge in [-0.15, -0.1) is 8.78 Å². The average Bonchev–Trinajstić information content (AvgIpc) is 3.46. The van der Waals surface area contributed by atoms with Crippen molar-refractivity contribution < 1.29 is 23.0 Å². The quantitative estimate of drug-likeness (QED) is 0.672. The zero-order valence-electron chi connectivity index (χ0n) is 16.6. The fraction of sp³-hybridized carbons (Fsp3) is 0.261. The number of Topliss-reactive ketones (excluding diaryl/α,β-unsaturated/α-hetero) is 1. The number of nitrogens with one attached hydrogen (secondary N) is 1. The maximum absolute atomic E-state index is 13.3. The summed E-state index contributed by atoms with van der Waals surface area (Å²) in [6, 6.07) is 13.0. The van der Waals surface area contributed by atoms with Crippen molar-refractivity contribution in [3.05, 3.63) is 75.7 Å². The Balaban J connectivity index is 1.41. The molecule has 0 saturated heterocycles. The van der Waals surface area contributed by atoms with Gasteiger partial charge in [0.05, 0.1) is 16.8 Å². The Morgan fingerprint density at radius 2 is 1.87 bits per heavy atom. The number of H-pyrrole nitrogens is 1. The number of ketones is 1. The molecule has 3 aromatic rings. The first-order chi connectivity index (χ1) is 14.8. The van der Waals surface area contributed by atoms with Crippen LogP contribution in [0.25, 0.3) is 11.4 Å². The van der Waals surface area contributed by atoms with Gasteiger partial charge in [0.1, 0.15) is 5.78 Å². The third-order valence-electron chi connectivity index (χ3n) is 5.76. The van der Waals surface area contributed by atoms with E-state index in [4.69, 9.17) is 0 Å². The molecule has 1 fully saturated rings. The number of aryl methyl sites for hydroxylation is 1. The molecule has 1 aliphatic heterocycles. The van der Waals surface area contributed by atoms with Crippen LogP contribution < -0.4 is 15.0 Å². The van der Waals surface area contributed by atoms with Crippen LogP contribution in [-0.2, 0) is 16.6 Å². The third-order valence-corrected chi connectivity index (χ3v) is 5.76. The van der Waals surface area contributed by atoms with Gasteiger partial charge in [0.2, 0.25) is 5.56 Å². The molecular weight excluding hydrogens is 406 g/mol. The monoisotopic (exact) mass is 424 g/mol. The van der Waals surface area contributed by atoms with Gasteiger partial charge >= 0.3 is 6.29 Å². The number of aromatic nitrogens is 2. The van der Waals surface area contributed by atoms with Crippen molar-refractivity contribution in [2.24, 2.45) is 0 Å². The lowest BCUT2D eigenvalue weighted by atomic mass is 9.88. The van der Waals surface area contributed by atoms with Crippen molar-refractivity contribution in [3.63, 3.8) is 0 Å². The fourth-order valence-electron chi connectivity index (χ4n) is 3.96. The van der Waals surface area contributed by atoms with Gasteiger partial charge in [0, 0.05) is 18.2 Å². The van der Waals surface area contributed by atoms with E-state index in [1.807, 2.05) is 13.0 Å². The zero-order chi connectivity index (χ0) is 21.8. The van der Waals surface area contributed by atoms with Gasteiger partial charge in [-0.3, -0.25) is 14.6 Å². The highest BCUT2D eigenvalue weighted by Gasteiger charge is 2.52. The lowest BCUT2D eigenvalue weighted by Crippen LogP contribution is -2.26. The van der Waals surface area contributed by atoms with Crippen LogP contribution in [0.2, 0.25) is 0 Å². The molecular formula is C23H18F2N2O4. The number of halogens is 2. The van der Waals surface area contributed by atoms with E-state index in [0.717, 1.165) is 5.56 Å². The smallest absolute Gasteiger partial charge is 0.395 e. The number of fused-ring (bicyclic) bond motifs is 1. The van der Waals surface area contributed by atoms with Crippen LogP contribution >= 0.6 is 0 Å². The molecule has 8 heteroatoms. The van der Waals surface area contributed by atoms with E-state index in [0.29, 0.717) is 35.5 Å². The molecule has 0 atom stereocenters. The van der Waals surface area contributed by atoms with E-state index < -0.39 is 11.7 Å². The van der Waals surface area contributed by atoms with E-state index in [9.17, 15) is 18.4 Å². The van der Waals surface area contributed by atoms with Crippen LogP contribution in [0.4, 0.5) is 8.78 Å². The van der Waals surface area contributed by atoms with Gasteiger partial charge < -0.3 is 14.5 Å². The predicted octanol–water partition coefficient (Wildman–Crippen LogP) is 3.91. The summed E-state index contributed by atoms with van der Waals surface area (Å²) in [6.07, 6.45) is -2.34. The largest absolute Gasteiger partial charge is 0.586 e. The summed E-state index contributed by atoms with van der Waals surface area (Å²) in [5, 5.41) is 0. The summed E-state index contributed by atoms with van der Waals surface area (Å²) >= 11 is 0. The molecule has 6 nitrogen and oxygen atoms in total. The summed E-state index contributed by atoms with van der Waals surface area (Å²) in [4.78, 5) is 32.2. The molecule has 1 aromatic carbocycles. The summed E-state index contributed by atoms with van der Waals surface area (Å²) in [5.41, 5.74) is 2.31. The van der Waals surface area contributed by atoms with Gasteiger partial charge in [-0.2, -0.15) is 0 Å². The van der Waals surface area contributed by atoms with E-state index in [1.54, 1.807) is 24.3 Å². The molecule has 0 amide bonds. The second-order valence-corrected chi connectivity index (χ2v) is 7.91. The van der Waals surface area contributed by atoms with Crippen molar-refractivity contribution in [2.45, 2.75) is 37.9 Å². The van der Waals surface area contributed by atoms with E-state index in [2.05, 4.69) is 19.4 Å². The molecule has 0 bridgehead atoms. The highest BCUT2D eigenvalue weighted by atomic mass is 19.3. The van der Waals surface area contributed by atoms with E-state index >= 15 is 0 Å². The van der Waals surface area contributed by atoms with Gasteiger partial charge in [0.15, 0.2) is 11.5 Å². The lowest BCUT2D eigenvalue weighted by Gasteiger charge is -2.15. The molecule has 0 spiro atoms. The minimum absolute atomic E-state index is 0.0398. The van der Waals surface area contributed by atoms with Crippen LogP contribution in [0.15, 0.2) is 53.3 Å². The number of carbonyl (C=O) groups is 1. The number of pyridine rings is 2. The lowest BCUT2D eigenvalue weighted by molar-refractivity contribution is -0.286. The minimum Gasteiger partial charge on any atom is -0.395 e. The molecule has 31 heavy (non-hydrogen) atoms. The highest BCUT2D eigenvalue weighted by Crippen LogP contribution is 2.52. The molecule has 3 heterocycles. The maximum atomic E-state index is 13.3. The number of carbonyl (C=O) groups excluding carboxylic acids is 1. The average molecular weight is 424 g/mol. The normalized spacial score (nSPS) is 17.4. The van der Waals surface area contributed by atoms with Gasteiger partial charge in [-0.1, -0.05) is 18.2 Å². The van der Waals surface area contributed by atoms with Gasteiger partial charge in [-0.05, 0) is 55.2 Å². The Kier molecular flexibility index (Phi) is 4.22. The van der Waals surface area contributed by atoms with Gasteiger partial charge in [0.25, 0.3) is 0 Å². The standard InChI is InChI=1S/C23H18F2N2O4/c1-13-5-7-15(26-21(13)16-3-2-4-20(29)27-16)12-19(28)22(9-10-22)14-6-8-17-18(11-14)31-23(24,25)30-17/h2-8,11H,9-10,12H2,1H3,(H,27,29). The first-order valence-corrected chi connectivity index (χ1v) is 9.86. The second-order valence-electron chi connectivity index (χ2n) is 7.91. The number of rotatable bonds is 5. The van der Waals surface area contributed by atoms with Crippen LogP contribution in [0, 0.1) is 6.92 Å². The minimum atomic E-state index is -3.69. The Hall–Kier alpha value is -3.55. The Morgan fingerprint density at radius 3 is 2.61 bits per heavy atom. The zero-order valence-corrected chi connectivity index (χ0v) is 16.6. The molecule has 0 unspecified atom stereocenters. The summed E-state index contributed by atoms with van der Waals surface area (Å²) in [5.74, 6) is -0.147. The number of hydrogen-bond acceptors (Lipinski definition) is 5. The van der Waals surface area contributed by atoms with E-state index in [-0.39, 0.29) is 29.3 Å². The first kappa shape index (κ1) is 19.4. The fourth-order valence-corrected chi connectivity index (χ4v) is 3.96. The topological polar surface area (TPSA) is 81.3 Å². The SMILES string of the molecule is Cc1ccc(CC(=O)C2(c3ccc4c(c3)OC(F)(F)O4)CC2)nc1-c1cccc(=O)[nH]1. The molecule has 1 saturated carbocycles. The van der Waals surface area contributed by atoms with Crippen molar-refractivity contribution in [2.75, 3.05) is 0 Å². The molecule has 1 aliphatic carbocycles. The van der Waals surface area contributed by atoms with Crippen molar-refractivity contribution in [3.8, 4) is 22.9 Å². The maximum Gasteiger partial charge on any atom is 0.586 e. The molecule has 1 N–H and O–H groups in total. The van der Waals surface area contributed by atoms with Gasteiger partial charge in [-0.25, -0.2) is 0 Å². The molecule has 2 aromatic heterocycles. The van der Waals surface area contributed by atoms with E-state index in [1.165, 1.54) is 18.2 Å². The molecule has 5 rings (SSSR count). The second kappa shape index (κ2) is 6.73. The number of nitrogens with zero attached hydrogens (tertiary/aromatic N) is 1. The van der Waals surface area contributed by atoms with Crippen LogP contribution in [-0.4, -0.2) is 22.0 Å². The molecule has 158 valence electrons. The predicted molar refractivity (Wildman–Crippen MR) is 107 cm³/mol. The van der Waals surface area contributed by atoms with Crippen LogP contribution in [0.1, 0.15) is 29.7 Å². The van der Waals surface area contributed by atoms with Crippen LogP contribution in [0.3, 0.4) is 0 Å². The van der Waals surface area contributed by atoms with Crippen LogP contribution in [0.5, 0.6) is 11.5 Å². The van der Waals surface area contributed by atoms with Crippen molar-refractivity contribution in [1.29, 1.82) is 0 Å². The first-order valence-electron chi connectivity index (χ1n) is 9.86. The summed E-state index contributed by atoms with van der Waals surface area (Å²) in [7, 11) is 0. The summed E-state index contributed by atoms with van der Waals surface area (Å²) < 4.78 is 35.6. The van der Waals surface area contributed by atoms with Crippen molar-refractivity contribution in [1.82, 2.24) is 9.97 Å². The number of aromatic amines is 1. The summed E-state index contributed by atoms with van der Waals surface area (Å²) in [6.45, 7) is 1.88. The molecule has 0 radical (unpaired) electrons. The molecule has 2 aliphatic rings. The number of hydrogen-bond donors (Lipinski definition) is 1.